The second-order valence-electron chi connectivity index (χ2n) is 5.62. The molecule has 1 rings (SSSR count). The predicted octanol–water partition coefficient (Wildman–Crippen LogP) is 2.73. The Hall–Kier alpha value is -0.870. The quantitative estimate of drug-likeness (QED) is 0.913. The highest BCUT2D eigenvalue weighted by Gasteiger charge is 2.15. The summed E-state index contributed by atoms with van der Waals surface area (Å²) in [6, 6.07) is 6.21. The summed E-state index contributed by atoms with van der Waals surface area (Å²) in [5, 5.41) is 0. The van der Waals surface area contributed by atoms with Crippen LogP contribution in [0.1, 0.15) is 44.4 Å². The molecule has 4 heteroatoms. The summed E-state index contributed by atoms with van der Waals surface area (Å²) in [6.07, 6.45) is 0. The lowest BCUT2D eigenvalue weighted by Crippen LogP contribution is -2.25. The van der Waals surface area contributed by atoms with E-state index in [1.807, 2.05) is 13.0 Å². The minimum absolute atomic E-state index is 0.117. The summed E-state index contributed by atoms with van der Waals surface area (Å²) in [4.78, 5) is 0. The normalized spacial score (nSPS) is 12.7. The standard InChI is InChI=1S/C14H23NO2S/c1-6-18(16,17)15-10-12-7-8-13(9-11(12)2)14(3,4)5/h7-9,15H,6,10H2,1-5H3. The van der Waals surface area contributed by atoms with Gasteiger partial charge in [-0.2, -0.15) is 0 Å². The number of rotatable bonds is 4. The Labute approximate surface area is 111 Å². The summed E-state index contributed by atoms with van der Waals surface area (Å²) in [6.45, 7) is 10.5. The molecular weight excluding hydrogens is 246 g/mol. The first-order valence-corrected chi connectivity index (χ1v) is 7.88. The molecule has 1 aromatic carbocycles. The second kappa shape index (κ2) is 5.41. The molecule has 0 aliphatic carbocycles. The van der Waals surface area contributed by atoms with Crippen LogP contribution < -0.4 is 4.72 Å². The van der Waals surface area contributed by atoms with Crippen molar-refractivity contribution in [2.45, 2.75) is 46.6 Å². The van der Waals surface area contributed by atoms with Crippen molar-refractivity contribution in [3.8, 4) is 0 Å². The van der Waals surface area contributed by atoms with Gasteiger partial charge in [-0.15, -0.1) is 0 Å². The third-order valence-electron chi connectivity index (χ3n) is 3.07. The lowest BCUT2D eigenvalue weighted by Gasteiger charge is -2.20. The Morgan fingerprint density at radius 3 is 2.28 bits per heavy atom. The van der Waals surface area contributed by atoms with E-state index in [1.165, 1.54) is 5.56 Å². The Kier molecular flexibility index (Phi) is 4.56. The lowest BCUT2D eigenvalue weighted by atomic mass is 9.85. The van der Waals surface area contributed by atoms with Crippen LogP contribution in [0.3, 0.4) is 0 Å². The van der Waals surface area contributed by atoms with Gasteiger partial charge in [0, 0.05) is 6.54 Å². The number of hydrogen-bond donors (Lipinski definition) is 1. The molecule has 0 saturated heterocycles. The van der Waals surface area contributed by atoms with E-state index >= 15 is 0 Å². The highest BCUT2D eigenvalue weighted by atomic mass is 32.2. The zero-order chi connectivity index (χ0) is 14.0. The van der Waals surface area contributed by atoms with Gasteiger partial charge in [0.15, 0.2) is 0 Å². The topological polar surface area (TPSA) is 46.2 Å². The number of sulfonamides is 1. The second-order valence-corrected chi connectivity index (χ2v) is 7.71. The lowest BCUT2D eigenvalue weighted by molar-refractivity contribution is 0.581. The van der Waals surface area contributed by atoms with E-state index in [9.17, 15) is 8.42 Å². The van der Waals surface area contributed by atoms with Crippen molar-refractivity contribution in [3.05, 3.63) is 34.9 Å². The molecule has 0 spiro atoms. The molecule has 102 valence electrons. The van der Waals surface area contributed by atoms with E-state index < -0.39 is 10.0 Å². The SMILES string of the molecule is CCS(=O)(=O)NCc1ccc(C(C)(C)C)cc1C. The van der Waals surface area contributed by atoms with E-state index in [0.717, 1.165) is 11.1 Å². The van der Waals surface area contributed by atoms with Crippen molar-refractivity contribution >= 4 is 10.0 Å². The first kappa shape index (κ1) is 15.2. The molecule has 3 nitrogen and oxygen atoms in total. The van der Waals surface area contributed by atoms with Crippen LogP contribution in [0.25, 0.3) is 0 Å². The van der Waals surface area contributed by atoms with Crippen LogP contribution >= 0.6 is 0 Å². The van der Waals surface area contributed by atoms with Crippen molar-refractivity contribution in [2.75, 3.05) is 5.75 Å². The summed E-state index contributed by atoms with van der Waals surface area (Å²) < 4.78 is 25.4. The smallest absolute Gasteiger partial charge is 0.211 e. The van der Waals surface area contributed by atoms with Crippen LogP contribution in [0.5, 0.6) is 0 Å². The van der Waals surface area contributed by atoms with Crippen LogP contribution in [-0.2, 0) is 22.0 Å². The zero-order valence-corrected chi connectivity index (χ0v) is 12.7. The van der Waals surface area contributed by atoms with Crippen molar-refractivity contribution in [1.29, 1.82) is 0 Å². The third-order valence-corrected chi connectivity index (χ3v) is 4.42. The summed E-state index contributed by atoms with van der Waals surface area (Å²) >= 11 is 0. The Balaban J connectivity index is 2.88. The van der Waals surface area contributed by atoms with Gasteiger partial charge in [0.05, 0.1) is 5.75 Å². The highest BCUT2D eigenvalue weighted by Crippen LogP contribution is 2.24. The average molecular weight is 269 g/mol. The van der Waals surface area contributed by atoms with E-state index in [1.54, 1.807) is 6.92 Å². The van der Waals surface area contributed by atoms with Gasteiger partial charge in [0.1, 0.15) is 0 Å². The first-order chi connectivity index (χ1) is 8.15. The molecule has 1 aromatic rings. The van der Waals surface area contributed by atoms with E-state index in [4.69, 9.17) is 0 Å². The largest absolute Gasteiger partial charge is 0.212 e. The minimum atomic E-state index is -3.12. The van der Waals surface area contributed by atoms with Gasteiger partial charge in [-0.3, -0.25) is 0 Å². The van der Waals surface area contributed by atoms with E-state index in [-0.39, 0.29) is 11.2 Å². The average Bonchev–Trinajstić information content (AvgIpc) is 2.26. The molecule has 0 atom stereocenters. The number of benzene rings is 1. The van der Waals surface area contributed by atoms with Gasteiger partial charge in [-0.05, 0) is 36.0 Å². The summed E-state index contributed by atoms with van der Waals surface area (Å²) in [7, 11) is -3.12. The predicted molar refractivity (Wildman–Crippen MR) is 76.2 cm³/mol. The van der Waals surface area contributed by atoms with Crippen molar-refractivity contribution in [1.82, 2.24) is 4.72 Å². The zero-order valence-electron chi connectivity index (χ0n) is 11.9. The van der Waals surface area contributed by atoms with Crippen molar-refractivity contribution in [2.24, 2.45) is 0 Å². The third kappa shape index (κ3) is 4.10. The van der Waals surface area contributed by atoms with Crippen LogP contribution in [0.2, 0.25) is 0 Å². The Morgan fingerprint density at radius 1 is 1.22 bits per heavy atom. The molecule has 0 amide bonds. The van der Waals surface area contributed by atoms with Gasteiger partial charge in [0.2, 0.25) is 10.0 Å². The number of hydrogen-bond acceptors (Lipinski definition) is 2. The fourth-order valence-electron chi connectivity index (χ4n) is 1.65. The maximum atomic E-state index is 11.4. The summed E-state index contributed by atoms with van der Waals surface area (Å²) in [5.74, 6) is 0.117. The van der Waals surface area contributed by atoms with Crippen LogP contribution in [0, 0.1) is 6.92 Å². The van der Waals surface area contributed by atoms with E-state index in [2.05, 4.69) is 37.6 Å². The van der Waals surface area contributed by atoms with E-state index in [0.29, 0.717) is 6.54 Å². The maximum Gasteiger partial charge on any atom is 0.211 e. The molecule has 0 heterocycles. The number of aryl methyl sites for hydroxylation is 1. The molecular formula is C14H23NO2S. The van der Waals surface area contributed by atoms with Crippen LogP contribution in [0.4, 0.5) is 0 Å². The molecule has 18 heavy (non-hydrogen) atoms. The van der Waals surface area contributed by atoms with Crippen LogP contribution in [0.15, 0.2) is 18.2 Å². The molecule has 0 aromatic heterocycles. The van der Waals surface area contributed by atoms with Gasteiger partial charge in [-0.25, -0.2) is 13.1 Å². The van der Waals surface area contributed by atoms with Gasteiger partial charge >= 0.3 is 0 Å². The first-order valence-electron chi connectivity index (χ1n) is 6.23. The molecule has 0 fully saturated rings. The highest BCUT2D eigenvalue weighted by molar-refractivity contribution is 7.89. The molecule has 0 bridgehead atoms. The van der Waals surface area contributed by atoms with Crippen molar-refractivity contribution < 1.29 is 8.42 Å². The molecule has 0 radical (unpaired) electrons. The Bertz CT molecular complexity index is 513. The fraction of sp³-hybridized carbons (Fsp3) is 0.571. The molecule has 0 unspecified atom stereocenters. The molecule has 0 aliphatic heterocycles. The van der Waals surface area contributed by atoms with Gasteiger partial charge in [0.25, 0.3) is 0 Å². The molecule has 1 N–H and O–H groups in total. The van der Waals surface area contributed by atoms with Crippen molar-refractivity contribution in [3.63, 3.8) is 0 Å². The van der Waals surface area contributed by atoms with Crippen LogP contribution in [-0.4, -0.2) is 14.2 Å². The monoisotopic (exact) mass is 269 g/mol. The molecule has 0 aliphatic rings. The maximum absolute atomic E-state index is 11.4. The fourth-order valence-corrected chi connectivity index (χ4v) is 2.23. The number of nitrogens with one attached hydrogen (secondary N) is 1. The van der Waals surface area contributed by atoms with Gasteiger partial charge in [-0.1, -0.05) is 39.0 Å². The minimum Gasteiger partial charge on any atom is -0.212 e. The van der Waals surface area contributed by atoms with Gasteiger partial charge < -0.3 is 0 Å². The molecule has 0 saturated carbocycles. The Morgan fingerprint density at radius 2 is 1.83 bits per heavy atom. The summed E-state index contributed by atoms with van der Waals surface area (Å²) in [5.41, 5.74) is 3.54.